The molecule has 0 aromatic carbocycles. The van der Waals surface area contributed by atoms with Crippen molar-refractivity contribution in [2.75, 3.05) is 0 Å². The highest BCUT2D eigenvalue weighted by Crippen LogP contribution is 2.27. The van der Waals surface area contributed by atoms with Gasteiger partial charge in [0.2, 0.25) is 0 Å². The van der Waals surface area contributed by atoms with Gasteiger partial charge in [-0.3, -0.25) is 0 Å². The molecule has 1 atom stereocenters. The standard InChI is InChI=1S/C14H20N2O4S/c1-10(11-5-3-2-4-6-11)16-21(19,20)13-8-7-12(9-15-13)14(17)18/h7-11,16H,2-6H2,1H3,(H,17,18). The Morgan fingerprint density at radius 1 is 1.33 bits per heavy atom. The predicted molar refractivity (Wildman–Crippen MR) is 77.6 cm³/mol. The SMILES string of the molecule is CC(NS(=O)(=O)c1ccc(C(=O)O)cn1)C1CCCCC1. The van der Waals surface area contributed by atoms with Crippen LogP contribution < -0.4 is 4.72 Å². The highest BCUT2D eigenvalue weighted by atomic mass is 32.2. The lowest BCUT2D eigenvalue weighted by atomic mass is 9.85. The normalized spacial score (nSPS) is 18.3. The van der Waals surface area contributed by atoms with E-state index in [4.69, 9.17) is 5.11 Å². The molecule has 1 aliphatic rings. The lowest BCUT2D eigenvalue weighted by Gasteiger charge is -2.27. The van der Waals surface area contributed by atoms with Crippen molar-refractivity contribution in [1.29, 1.82) is 0 Å². The molecule has 1 saturated carbocycles. The fraction of sp³-hybridized carbons (Fsp3) is 0.571. The second-order valence-corrected chi connectivity index (χ2v) is 7.16. The Bertz CT molecular complexity index is 592. The van der Waals surface area contributed by atoms with Crippen LogP contribution in [0.15, 0.2) is 23.4 Å². The number of rotatable bonds is 5. The molecule has 0 bridgehead atoms. The second kappa shape index (κ2) is 6.53. The molecule has 1 heterocycles. The topological polar surface area (TPSA) is 96.4 Å². The zero-order valence-corrected chi connectivity index (χ0v) is 12.8. The summed E-state index contributed by atoms with van der Waals surface area (Å²) < 4.78 is 27.1. The van der Waals surface area contributed by atoms with Crippen molar-refractivity contribution in [2.45, 2.75) is 50.1 Å². The van der Waals surface area contributed by atoms with Gasteiger partial charge in [-0.15, -0.1) is 0 Å². The number of hydrogen-bond acceptors (Lipinski definition) is 4. The first kappa shape index (κ1) is 15.9. The van der Waals surface area contributed by atoms with Crippen LogP contribution in [0, 0.1) is 5.92 Å². The van der Waals surface area contributed by atoms with Crippen molar-refractivity contribution in [3.63, 3.8) is 0 Å². The van der Waals surface area contributed by atoms with Gasteiger partial charge in [0.1, 0.15) is 0 Å². The van der Waals surface area contributed by atoms with Crippen LogP contribution in [-0.2, 0) is 10.0 Å². The number of carboxylic acids is 1. The van der Waals surface area contributed by atoms with Gasteiger partial charge < -0.3 is 5.11 Å². The Hall–Kier alpha value is -1.47. The van der Waals surface area contributed by atoms with E-state index in [1.807, 2.05) is 6.92 Å². The summed E-state index contributed by atoms with van der Waals surface area (Å²) in [4.78, 5) is 14.5. The summed E-state index contributed by atoms with van der Waals surface area (Å²) in [6.07, 6.45) is 6.63. The van der Waals surface area contributed by atoms with Crippen molar-refractivity contribution >= 4 is 16.0 Å². The van der Waals surface area contributed by atoms with Crippen LogP contribution in [0.3, 0.4) is 0 Å². The van der Waals surface area contributed by atoms with Crippen LogP contribution in [0.1, 0.15) is 49.4 Å². The molecule has 0 radical (unpaired) electrons. The Morgan fingerprint density at radius 2 is 2.00 bits per heavy atom. The third kappa shape index (κ3) is 4.01. The van der Waals surface area contributed by atoms with E-state index in [0.29, 0.717) is 5.92 Å². The maximum Gasteiger partial charge on any atom is 0.337 e. The molecule has 1 aromatic rings. The van der Waals surface area contributed by atoms with Crippen LogP contribution >= 0.6 is 0 Å². The number of carboxylic acid groups (broad SMARTS) is 1. The molecular weight excluding hydrogens is 292 g/mol. The highest BCUT2D eigenvalue weighted by Gasteiger charge is 2.25. The molecule has 6 nitrogen and oxygen atoms in total. The fourth-order valence-corrected chi connectivity index (χ4v) is 3.94. The molecule has 116 valence electrons. The van der Waals surface area contributed by atoms with Crippen molar-refractivity contribution in [1.82, 2.24) is 9.71 Å². The predicted octanol–water partition coefficient (Wildman–Crippen LogP) is 2.03. The number of nitrogens with one attached hydrogen (secondary N) is 1. The molecule has 1 aromatic heterocycles. The summed E-state index contributed by atoms with van der Waals surface area (Å²) in [6.45, 7) is 1.87. The van der Waals surface area contributed by atoms with Crippen molar-refractivity contribution in [3.05, 3.63) is 23.9 Å². The lowest BCUT2D eigenvalue weighted by molar-refractivity contribution is 0.0696. The average Bonchev–Trinajstić information content (AvgIpc) is 2.48. The molecule has 0 spiro atoms. The first-order chi connectivity index (χ1) is 9.90. The van der Waals surface area contributed by atoms with Crippen LogP contribution in [0.2, 0.25) is 0 Å². The van der Waals surface area contributed by atoms with Gasteiger partial charge in [0.05, 0.1) is 5.56 Å². The van der Waals surface area contributed by atoms with Gasteiger partial charge in [0, 0.05) is 12.2 Å². The maximum atomic E-state index is 12.2. The number of nitrogens with zero attached hydrogens (tertiary/aromatic N) is 1. The third-order valence-electron chi connectivity index (χ3n) is 3.96. The quantitative estimate of drug-likeness (QED) is 0.867. The molecule has 21 heavy (non-hydrogen) atoms. The summed E-state index contributed by atoms with van der Waals surface area (Å²) in [5, 5.41) is 8.65. The third-order valence-corrected chi connectivity index (χ3v) is 5.43. The Balaban J connectivity index is 2.08. The first-order valence-corrected chi connectivity index (χ1v) is 8.60. The van der Waals surface area contributed by atoms with Crippen LogP contribution in [0.25, 0.3) is 0 Å². The average molecular weight is 312 g/mol. The number of hydrogen-bond donors (Lipinski definition) is 2. The number of aromatic nitrogens is 1. The van der Waals surface area contributed by atoms with Crippen LogP contribution in [-0.4, -0.2) is 30.5 Å². The van der Waals surface area contributed by atoms with E-state index in [9.17, 15) is 13.2 Å². The Labute approximate surface area is 124 Å². The minimum Gasteiger partial charge on any atom is -0.478 e. The summed E-state index contributed by atoms with van der Waals surface area (Å²) >= 11 is 0. The number of pyridine rings is 1. The van der Waals surface area contributed by atoms with Gasteiger partial charge in [-0.1, -0.05) is 19.3 Å². The van der Waals surface area contributed by atoms with Gasteiger partial charge in [-0.25, -0.2) is 22.9 Å². The molecule has 0 aliphatic heterocycles. The minimum atomic E-state index is -3.71. The van der Waals surface area contributed by atoms with E-state index in [0.717, 1.165) is 31.9 Å². The molecule has 1 aliphatic carbocycles. The zero-order valence-electron chi connectivity index (χ0n) is 11.9. The molecule has 1 unspecified atom stereocenters. The van der Waals surface area contributed by atoms with Gasteiger partial charge in [-0.05, 0) is 37.8 Å². The maximum absolute atomic E-state index is 12.2. The molecule has 2 rings (SSSR count). The summed E-state index contributed by atoms with van der Waals surface area (Å²) in [6, 6.07) is 2.32. The first-order valence-electron chi connectivity index (χ1n) is 7.12. The molecule has 0 saturated heterocycles. The van der Waals surface area contributed by atoms with Gasteiger partial charge in [-0.2, -0.15) is 0 Å². The lowest BCUT2D eigenvalue weighted by Crippen LogP contribution is -2.39. The summed E-state index contributed by atoms with van der Waals surface area (Å²) in [7, 11) is -3.71. The van der Waals surface area contributed by atoms with Gasteiger partial charge in [0.15, 0.2) is 5.03 Å². The van der Waals surface area contributed by atoms with E-state index >= 15 is 0 Å². The van der Waals surface area contributed by atoms with Crippen molar-refractivity contribution in [2.24, 2.45) is 5.92 Å². The molecule has 0 amide bonds. The molecule has 7 heteroatoms. The van der Waals surface area contributed by atoms with Crippen LogP contribution in [0.4, 0.5) is 0 Å². The number of aromatic carboxylic acids is 1. The highest BCUT2D eigenvalue weighted by molar-refractivity contribution is 7.89. The van der Waals surface area contributed by atoms with E-state index in [-0.39, 0.29) is 16.6 Å². The van der Waals surface area contributed by atoms with Crippen LogP contribution in [0.5, 0.6) is 0 Å². The zero-order chi connectivity index (χ0) is 15.5. The van der Waals surface area contributed by atoms with Gasteiger partial charge >= 0.3 is 5.97 Å². The minimum absolute atomic E-state index is 0.0331. The second-order valence-electron chi connectivity index (χ2n) is 5.50. The smallest absolute Gasteiger partial charge is 0.337 e. The van der Waals surface area contributed by atoms with E-state index in [2.05, 4.69) is 9.71 Å². The Kier molecular flexibility index (Phi) is 4.95. The number of carbonyl (C=O) groups is 1. The molecular formula is C14H20N2O4S. The van der Waals surface area contributed by atoms with E-state index in [1.54, 1.807) is 0 Å². The number of sulfonamides is 1. The van der Waals surface area contributed by atoms with Crippen molar-refractivity contribution < 1.29 is 18.3 Å². The molecule has 2 N–H and O–H groups in total. The fourth-order valence-electron chi connectivity index (χ4n) is 2.70. The largest absolute Gasteiger partial charge is 0.478 e. The summed E-state index contributed by atoms with van der Waals surface area (Å²) in [5.41, 5.74) is -0.0331. The van der Waals surface area contributed by atoms with Gasteiger partial charge in [0.25, 0.3) is 10.0 Å². The van der Waals surface area contributed by atoms with E-state index < -0.39 is 16.0 Å². The van der Waals surface area contributed by atoms with Crippen molar-refractivity contribution in [3.8, 4) is 0 Å². The monoisotopic (exact) mass is 312 g/mol. The Morgan fingerprint density at radius 3 is 2.52 bits per heavy atom. The molecule has 1 fully saturated rings. The summed E-state index contributed by atoms with van der Waals surface area (Å²) in [5.74, 6) is -0.776. The van der Waals surface area contributed by atoms with E-state index in [1.165, 1.54) is 18.6 Å².